The van der Waals surface area contributed by atoms with E-state index in [1.54, 1.807) is 14.2 Å². The van der Waals surface area contributed by atoms with E-state index in [0.717, 1.165) is 22.6 Å². The van der Waals surface area contributed by atoms with Crippen LogP contribution in [0.1, 0.15) is 22.8 Å². The summed E-state index contributed by atoms with van der Waals surface area (Å²) in [6.45, 7) is 0.516. The zero-order chi connectivity index (χ0) is 24.7. The van der Waals surface area contributed by atoms with Gasteiger partial charge in [-0.15, -0.1) is 0 Å². The summed E-state index contributed by atoms with van der Waals surface area (Å²) in [6, 6.07) is 24.3. The molecule has 3 aromatic rings. The average Bonchev–Trinajstić information content (AvgIpc) is 3.24. The minimum atomic E-state index is -1.43. The molecule has 1 aliphatic heterocycles. The molecule has 4 rings (SSSR count). The molecule has 4 atom stereocenters. The van der Waals surface area contributed by atoms with Gasteiger partial charge >= 0.3 is 0 Å². The molecule has 0 radical (unpaired) electrons. The summed E-state index contributed by atoms with van der Waals surface area (Å²) in [7, 11) is 3.23. The largest absolute Gasteiger partial charge is 0.497 e. The van der Waals surface area contributed by atoms with Crippen molar-refractivity contribution in [2.45, 2.75) is 37.1 Å². The summed E-state index contributed by atoms with van der Waals surface area (Å²) >= 11 is 0. The molecule has 1 heterocycles. The molecule has 0 aliphatic carbocycles. The van der Waals surface area contributed by atoms with E-state index in [4.69, 9.17) is 23.7 Å². The molecule has 1 fully saturated rings. The first-order valence-corrected chi connectivity index (χ1v) is 11.5. The van der Waals surface area contributed by atoms with Crippen LogP contribution >= 0.6 is 0 Å². The quantitative estimate of drug-likeness (QED) is 0.433. The predicted octanol–water partition coefficient (Wildman–Crippen LogP) is 3.67. The Hall–Kier alpha value is -2.94. The minimum Gasteiger partial charge on any atom is -0.497 e. The predicted molar refractivity (Wildman–Crippen MR) is 130 cm³/mol. The van der Waals surface area contributed by atoms with Gasteiger partial charge in [-0.05, 0) is 41.0 Å². The van der Waals surface area contributed by atoms with Crippen LogP contribution in [0, 0.1) is 0 Å². The molecule has 0 saturated carbocycles. The summed E-state index contributed by atoms with van der Waals surface area (Å²) in [6.07, 6.45) is -2.53. The molecular weight excluding hydrogens is 448 g/mol. The van der Waals surface area contributed by atoms with Gasteiger partial charge < -0.3 is 33.9 Å². The van der Waals surface area contributed by atoms with Crippen LogP contribution in [0.2, 0.25) is 0 Å². The number of aliphatic hydroxyl groups is 2. The fourth-order valence-electron chi connectivity index (χ4n) is 4.16. The topological polar surface area (TPSA) is 86.6 Å². The summed E-state index contributed by atoms with van der Waals surface area (Å²) < 4.78 is 28.4. The van der Waals surface area contributed by atoms with Crippen molar-refractivity contribution in [1.29, 1.82) is 0 Å². The summed E-state index contributed by atoms with van der Waals surface area (Å²) in [5, 5.41) is 22.6. The Kier molecular flexibility index (Phi) is 8.38. The maximum atomic E-state index is 11.5. The maximum absolute atomic E-state index is 11.5. The van der Waals surface area contributed by atoms with Crippen LogP contribution in [0.3, 0.4) is 0 Å². The Balaban J connectivity index is 1.46. The molecule has 2 N–H and O–H groups in total. The fraction of sp³-hybridized carbons (Fsp3) is 0.357. The molecule has 7 heteroatoms. The van der Waals surface area contributed by atoms with E-state index in [1.165, 1.54) is 0 Å². The lowest BCUT2D eigenvalue weighted by molar-refractivity contribution is -0.141. The molecule has 0 unspecified atom stereocenters. The van der Waals surface area contributed by atoms with Gasteiger partial charge in [-0.3, -0.25) is 0 Å². The molecule has 1 saturated heterocycles. The third-order valence-electron chi connectivity index (χ3n) is 6.17. The van der Waals surface area contributed by atoms with Crippen molar-refractivity contribution in [3.05, 3.63) is 95.6 Å². The van der Waals surface area contributed by atoms with Crippen LogP contribution in [-0.4, -0.2) is 55.5 Å². The normalized spacial score (nSPS) is 22.6. The van der Waals surface area contributed by atoms with Crippen LogP contribution < -0.4 is 9.47 Å². The van der Waals surface area contributed by atoms with Crippen LogP contribution in [0.25, 0.3) is 0 Å². The second-order valence-electron chi connectivity index (χ2n) is 8.66. The number of rotatable bonds is 11. The number of aliphatic hydroxyl groups excluding tert-OH is 1. The lowest BCUT2D eigenvalue weighted by Crippen LogP contribution is -2.50. The first kappa shape index (κ1) is 25.2. The second kappa shape index (κ2) is 11.7. The van der Waals surface area contributed by atoms with Gasteiger partial charge in [0.15, 0.2) is 0 Å². The first-order chi connectivity index (χ1) is 17.0. The molecule has 186 valence electrons. The Morgan fingerprint density at radius 2 is 1.43 bits per heavy atom. The van der Waals surface area contributed by atoms with Crippen LogP contribution in [0.5, 0.6) is 11.5 Å². The second-order valence-corrected chi connectivity index (χ2v) is 8.66. The van der Waals surface area contributed by atoms with Gasteiger partial charge in [0.25, 0.3) is 0 Å². The highest BCUT2D eigenvalue weighted by atomic mass is 16.6. The van der Waals surface area contributed by atoms with Gasteiger partial charge in [-0.25, -0.2) is 0 Å². The summed E-state index contributed by atoms with van der Waals surface area (Å²) in [5.74, 6) is 1.51. The van der Waals surface area contributed by atoms with Gasteiger partial charge in [0, 0.05) is 0 Å². The van der Waals surface area contributed by atoms with Crippen molar-refractivity contribution < 1.29 is 33.9 Å². The lowest BCUT2D eigenvalue weighted by Gasteiger charge is -2.32. The van der Waals surface area contributed by atoms with E-state index in [-0.39, 0.29) is 19.8 Å². The molecule has 0 bridgehead atoms. The smallest absolute Gasteiger partial charge is 0.140 e. The van der Waals surface area contributed by atoms with E-state index in [1.807, 2.05) is 78.9 Å². The highest BCUT2D eigenvalue weighted by Gasteiger charge is 2.52. The van der Waals surface area contributed by atoms with Crippen LogP contribution in [0.4, 0.5) is 0 Å². The highest BCUT2D eigenvalue weighted by Crippen LogP contribution is 2.36. The highest BCUT2D eigenvalue weighted by molar-refractivity contribution is 5.28. The molecule has 0 aromatic heterocycles. The third kappa shape index (κ3) is 6.20. The standard InChI is InChI=1S/C28H32O7/c1-31-23-12-8-20(9-13-23)16-33-18-28(30)19-35-26(25(29)22-6-4-3-5-7-22)27(28)34-17-21-10-14-24(32-2)15-11-21/h3-15,25-27,29-30H,16-19H2,1-2H3/t25-,26-,27+,28+/m0/s1. The van der Waals surface area contributed by atoms with Crippen molar-refractivity contribution in [2.75, 3.05) is 27.4 Å². The van der Waals surface area contributed by atoms with E-state index in [9.17, 15) is 10.2 Å². The van der Waals surface area contributed by atoms with Crippen molar-refractivity contribution in [3.63, 3.8) is 0 Å². The van der Waals surface area contributed by atoms with Gasteiger partial charge in [0.05, 0.1) is 40.6 Å². The Bertz CT molecular complexity index is 1040. The first-order valence-electron chi connectivity index (χ1n) is 11.5. The molecule has 7 nitrogen and oxygen atoms in total. The summed E-state index contributed by atoms with van der Waals surface area (Å²) in [4.78, 5) is 0. The molecule has 1 aliphatic rings. The van der Waals surface area contributed by atoms with Gasteiger partial charge in [0.1, 0.15) is 35.4 Å². The molecular formula is C28H32O7. The zero-order valence-corrected chi connectivity index (χ0v) is 20.0. The molecule has 35 heavy (non-hydrogen) atoms. The minimum absolute atomic E-state index is 0.00961. The van der Waals surface area contributed by atoms with E-state index in [2.05, 4.69) is 0 Å². The number of methoxy groups -OCH3 is 2. The SMILES string of the molecule is COc1ccc(COC[C@@]2(O)CO[C@@H]([C@@H](O)c3ccccc3)[C@H]2OCc2ccc(OC)cc2)cc1. The zero-order valence-electron chi connectivity index (χ0n) is 20.0. The molecule has 0 amide bonds. The van der Waals surface area contributed by atoms with Crippen LogP contribution in [-0.2, 0) is 27.4 Å². The Morgan fingerprint density at radius 1 is 0.857 bits per heavy atom. The van der Waals surface area contributed by atoms with Crippen LogP contribution in [0.15, 0.2) is 78.9 Å². The Morgan fingerprint density at radius 3 is 2.00 bits per heavy atom. The average molecular weight is 481 g/mol. The van der Waals surface area contributed by atoms with Gasteiger partial charge in [-0.2, -0.15) is 0 Å². The maximum Gasteiger partial charge on any atom is 0.140 e. The van der Waals surface area contributed by atoms with Crippen molar-refractivity contribution in [2.24, 2.45) is 0 Å². The van der Waals surface area contributed by atoms with E-state index in [0.29, 0.717) is 12.2 Å². The number of benzene rings is 3. The molecule has 3 aromatic carbocycles. The van der Waals surface area contributed by atoms with Crippen molar-refractivity contribution >= 4 is 0 Å². The lowest BCUT2D eigenvalue weighted by atomic mass is 9.92. The van der Waals surface area contributed by atoms with Crippen molar-refractivity contribution in [1.82, 2.24) is 0 Å². The van der Waals surface area contributed by atoms with E-state index < -0.39 is 23.9 Å². The fourth-order valence-corrected chi connectivity index (χ4v) is 4.16. The number of hydrogen-bond acceptors (Lipinski definition) is 7. The van der Waals surface area contributed by atoms with Gasteiger partial charge in [-0.1, -0.05) is 54.6 Å². The van der Waals surface area contributed by atoms with Crippen molar-refractivity contribution in [3.8, 4) is 11.5 Å². The number of ether oxygens (including phenoxy) is 5. The summed E-state index contributed by atoms with van der Waals surface area (Å²) in [5.41, 5.74) is 1.12. The van der Waals surface area contributed by atoms with Gasteiger partial charge in [0.2, 0.25) is 0 Å². The monoisotopic (exact) mass is 480 g/mol. The third-order valence-corrected chi connectivity index (χ3v) is 6.17. The Labute approximate surface area is 205 Å². The van der Waals surface area contributed by atoms with E-state index >= 15 is 0 Å². The molecule has 0 spiro atoms. The number of hydrogen-bond donors (Lipinski definition) is 2.